The van der Waals surface area contributed by atoms with Crippen LogP contribution in [0.25, 0.3) is 0 Å². The van der Waals surface area contributed by atoms with Crippen LogP contribution in [0, 0.1) is 0 Å². The van der Waals surface area contributed by atoms with E-state index in [0.717, 1.165) is 5.56 Å². The minimum Gasteiger partial charge on any atom is -0.383 e. The number of pyridine rings is 1. The molecule has 2 amide bonds. The fourth-order valence-corrected chi connectivity index (χ4v) is 2.10. The summed E-state index contributed by atoms with van der Waals surface area (Å²) in [5.41, 5.74) is 1.59. The average molecular weight is 320 g/mol. The smallest absolute Gasteiger partial charge is 0.322 e. The second kappa shape index (κ2) is 8.36. The van der Waals surface area contributed by atoms with Crippen LogP contribution in [-0.2, 0) is 11.3 Å². The first-order chi connectivity index (χ1) is 10.7. The highest BCUT2D eigenvalue weighted by atomic mass is 35.5. The van der Waals surface area contributed by atoms with E-state index >= 15 is 0 Å². The zero-order valence-electron chi connectivity index (χ0n) is 12.3. The Labute approximate surface area is 134 Å². The lowest BCUT2D eigenvalue weighted by Crippen LogP contribution is -2.36. The number of nitrogens with zero attached hydrogens (tertiary/aromatic N) is 2. The lowest BCUT2D eigenvalue weighted by atomic mass is 10.2. The lowest BCUT2D eigenvalue weighted by Gasteiger charge is -2.23. The third-order valence-electron chi connectivity index (χ3n) is 3.09. The minimum atomic E-state index is -0.220. The predicted molar refractivity (Wildman–Crippen MR) is 87.0 cm³/mol. The highest BCUT2D eigenvalue weighted by Gasteiger charge is 2.15. The number of aromatic nitrogens is 1. The second-order valence-corrected chi connectivity index (χ2v) is 5.09. The molecule has 0 saturated heterocycles. The van der Waals surface area contributed by atoms with Gasteiger partial charge in [0.2, 0.25) is 0 Å². The van der Waals surface area contributed by atoms with Gasteiger partial charge in [0.1, 0.15) is 0 Å². The van der Waals surface area contributed by atoms with Gasteiger partial charge in [0, 0.05) is 32.6 Å². The van der Waals surface area contributed by atoms with Crippen molar-refractivity contribution in [3.05, 3.63) is 59.4 Å². The van der Waals surface area contributed by atoms with Gasteiger partial charge in [-0.15, -0.1) is 0 Å². The fraction of sp³-hybridized carbons (Fsp3) is 0.250. The summed E-state index contributed by atoms with van der Waals surface area (Å²) in [4.78, 5) is 18.1. The maximum atomic E-state index is 12.5. The summed E-state index contributed by atoms with van der Waals surface area (Å²) in [5, 5.41) is 3.33. The number of para-hydroxylation sites is 1. The van der Waals surface area contributed by atoms with Crippen molar-refractivity contribution in [2.24, 2.45) is 0 Å². The number of carbonyl (C=O) groups excluding carboxylic acids is 1. The first-order valence-electron chi connectivity index (χ1n) is 6.89. The van der Waals surface area contributed by atoms with Crippen molar-refractivity contribution >= 4 is 23.3 Å². The number of rotatable bonds is 6. The summed E-state index contributed by atoms with van der Waals surface area (Å²) >= 11 is 6.07. The summed E-state index contributed by atoms with van der Waals surface area (Å²) in [5.74, 6) is 0. The fourth-order valence-electron chi connectivity index (χ4n) is 1.92. The third-order valence-corrected chi connectivity index (χ3v) is 3.42. The Morgan fingerprint density at radius 2 is 2.00 bits per heavy atom. The molecule has 1 heterocycles. The molecule has 0 spiro atoms. The molecule has 0 unspecified atom stereocenters. The van der Waals surface area contributed by atoms with Gasteiger partial charge in [0.05, 0.1) is 17.3 Å². The molecule has 116 valence electrons. The average Bonchev–Trinajstić information content (AvgIpc) is 2.54. The number of hydrogen-bond donors (Lipinski definition) is 1. The van der Waals surface area contributed by atoms with Crippen molar-refractivity contribution in [1.29, 1.82) is 0 Å². The molecule has 2 rings (SSSR count). The van der Waals surface area contributed by atoms with Crippen LogP contribution in [-0.4, -0.2) is 36.2 Å². The predicted octanol–water partition coefficient (Wildman–Crippen LogP) is 3.42. The maximum absolute atomic E-state index is 12.5. The molecular formula is C16H18ClN3O2. The molecule has 6 heteroatoms. The van der Waals surface area contributed by atoms with Gasteiger partial charge in [-0.25, -0.2) is 4.79 Å². The second-order valence-electron chi connectivity index (χ2n) is 4.68. The van der Waals surface area contributed by atoms with Crippen LogP contribution in [0.2, 0.25) is 5.02 Å². The van der Waals surface area contributed by atoms with Crippen molar-refractivity contribution in [2.75, 3.05) is 25.6 Å². The molecule has 0 atom stereocenters. The molecule has 0 aliphatic carbocycles. The van der Waals surface area contributed by atoms with E-state index in [1.165, 1.54) is 0 Å². The minimum absolute atomic E-state index is 0.220. The molecule has 0 saturated carbocycles. The Kier molecular flexibility index (Phi) is 6.18. The highest BCUT2D eigenvalue weighted by Crippen LogP contribution is 2.21. The van der Waals surface area contributed by atoms with Gasteiger partial charge in [-0.1, -0.05) is 23.7 Å². The number of nitrogens with one attached hydrogen (secondary N) is 1. The molecule has 22 heavy (non-hydrogen) atoms. The number of carbonyl (C=O) groups is 1. The molecule has 0 radical (unpaired) electrons. The van der Waals surface area contributed by atoms with E-state index in [4.69, 9.17) is 16.3 Å². The van der Waals surface area contributed by atoms with Crippen LogP contribution < -0.4 is 5.32 Å². The standard InChI is InChI=1S/C16H18ClN3O2/c1-22-11-10-20(12-13-6-8-18-9-7-13)16(21)19-15-5-3-2-4-14(15)17/h2-9H,10-12H2,1H3,(H,19,21). The topological polar surface area (TPSA) is 54.5 Å². The van der Waals surface area contributed by atoms with Gasteiger partial charge in [-0.05, 0) is 29.8 Å². The van der Waals surface area contributed by atoms with E-state index in [9.17, 15) is 4.79 Å². The van der Waals surface area contributed by atoms with Gasteiger partial charge in [0.15, 0.2) is 0 Å². The Bertz CT molecular complexity index is 607. The van der Waals surface area contributed by atoms with Crippen LogP contribution in [0.15, 0.2) is 48.8 Å². The monoisotopic (exact) mass is 319 g/mol. The Balaban J connectivity index is 2.07. The van der Waals surface area contributed by atoms with E-state index in [0.29, 0.717) is 30.4 Å². The Morgan fingerprint density at radius 1 is 1.27 bits per heavy atom. The van der Waals surface area contributed by atoms with Crippen LogP contribution >= 0.6 is 11.6 Å². The number of ether oxygens (including phenoxy) is 1. The summed E-state index contributed by atoms with van der Waals surface area (Å²) in [6.07, 6.45) is 3.41. The Morgan fingerprint density at radius 3 is 2.68 bits per heavy atom. The number of anilines is 1. The van der Waals surface area contributed by atoms with Crippen molar-refractivity contribution in [2.45, 2.75) is 6.54 Å². The number of halogens is 1. The molecular weight excluding hydrogens is 302 g/mol. The molecule has 0 bridgehead atoms. The Hall–Kier alpha value is -2.11. The molecule has 0 aliphatic rings. The quantitative estimate of drug-likeness (QED) is 0.887. The zero-order chi connectivity index (χ0) is 15.8. The number of hydrogen-bond acceptors (Lipinski definition) is 3. The van der Waals surface area contributed by atoms with E-state index in [1.807, 2.05) is 24.3 Å². The van der Waals surface area contributed by atoms with E-state index < -0.39 is 0 Å². The first kappa shape index (κ1) is 16.3. The van der Waals surface area contributed by atoms with Crippen LogP contribution in [0.4, 0.5) is 10.5 Å². The van der Waals surface area contributed by atoms with Gasteiger partial charge < -0.3 is 15.0 Å². The normalized spacial score (nSPS) is 10.3. The number of methoxy groups -OCH3 is 1. The van der Waals surface area contributed by atoms with E-state index in [2.05, 4.69) is 10.3 Å². The molecule has 1 aromatic carbocycles. The maximum Gasteiger partial charge on any atom is 0.322 e. The van der Waals surface area contributed by atoms with Crippen LogP contribution in [0.3, 0.4) is 0 Å². The zero-order valence-corrected chi connectivity index (χ0v) is 13.1. The van der Waals surface area contributed by atoms with Crippen molar-refractivity contribution in [1.82, 2.24) is 9.88 Å². The molecule has 2 aromatic rings. The third kappa shape index (κ3) is 4.72. The first-order valence-corrected chi connectivity index (χ1v) is 7.27. The van der Waals surface area contributed by atoms with Crippen LogP contribution in [0.1, 0.15) is 5.56 Å². The molecule has 5 nitrogen and oxygen atoms in total. The van der Waals surface area contributed by atoms with Gasteiger partial charge >= 0.3 is 6.03 Å². The molecule has 1 N–H and O–H groups in total. The lowest BCUT2D eigenvalue weighted by molar-refractivity contribution is 0.153. The SMILES string of the molecule is COCCN(Cc1ccncc1)C(=O)Nc1ccccc1Cl. The molecule has 0 fully saturated rings. The number of benzene rings is 1. The van der Waals surface area contributed by atoms with Crippen molar-refractivity contribution < 1.29 is 9.53 Å². The summed E-state index contributed by atoms with van der Waals surface area (Å²) in [6.45, 7) is 1.41. The van der Waals surface area contributed by atoms with Crippen molar-refractivity contribution in [3.63, 3.8) is 0 Å². The number of urea groups is 1. The van der Waals surface area contributed by atoms with E-state index in [1.54, 1.807) is 36.5 Å². The highest BCUT2D eigenvalue weighted by molar-refractivity contribution is 6.33. The molecule has 0 aliphatic heterocycles. The van der Waals surface area contributed by atoms with Gasteiger partial charge in [-0.3, -0.25) is 4.98 Å². The van der Waals surface area contributed by atoms with Crippen LogP contribution in [0.5, 0.6) is 0 Å². The number of amides is 2. The van der Waals surface area contributed by atoms with Crippen molar-refractivity contribution in [3.8, 4) is 0 Å². The summed E-state index contributed by atoms with van der Waals surface area (Å²) in [7, 11) is 1.61. The largest absolute Gasteiger partial charge is 0.383 e. The van der Waals surface area contributed by atoms with Gasteiger partial charge in [-0.2, -0.15) is 0 Å². The summed E-state index contributed by atoms with van der Waals surface area (Å²) in [6, 6.07) is 10.7. The molecule has 1 aromatic heterocycles. The van der Waals surface area contributed by atoms with E-state index in [-0.39, 0.29) is 6.03 Å². The summed E-state index contributed by atoms with van der Waals surface area (Å²) < 4.78 is 5.07. The van der Waals surface area contributed by atoms with Gasteiger partial charge in [0.25, 0.3) is 0 Å².